The van der Waals surface area contributed by atoms with Crippen LogP contribution in [0.25, 0.3) is 0 Å². The Labute approximate surface area is 102 Å². The molecule has 1 atom stereocenters. The van der Waals surface area contributed by atoms with E-state index < -0.39 is 5.97 Å². The van der Waals surface area contributed by atoms with Gasteiger partial charge in [-0.3, -0.25) is 0 Å². The minimum absolute atomic E-state index is 0.374. The van der Waals surface area contributed by atoms with Crippen LogP contribution < -0.4 is 4.90 Å². The van der Waals surface area contributed by atoms with E-state index in [1.807, 2.05) is 13.0 Å². The first-order valence-electron chi connectivity index (χ1n) is 6.24. The molecular weight excluding hydrogens is 214 g/mol. The van der Waals surface area contributed by atoms with Gasteiger partial charge in [0.25, 0.3) is 0 Å². The Balaban J connectivity index is 2.30. The number of hydrogen-bond donors (Lipinski definition) is 1. The fourth-order valence-corrected chi connectivity index (χ4v) is 2.69. The standard InChI is InChI=1S/C14H19NO2/c1-3-12-5-4-8-15(12)13-7-6-11(14(16)17)9-10(13)2/h6-7,9,12H,3-5,8H2,1-2H3,(H,16,17). The average molecular weight is 233 g/mol. The number of carboxylic acids is 1. The average Bonchev–Trinajstić information content (AvgIpc) is 2.76. The molecule has 1 aliphatic heterocycles. The summed E-state index contributed by atoms with van der Waals surface area (Å²) < 4.78 is 0. The summed E-state index contributed by atoms with van der Waals surface area (Å²) in [5.74, 6) is -0.854. The third kappa shape index (κ3) is 2.28. The zero-order chi connectivity index (χ0) is 12.4. The van der Waals surface area contributed by atoms with E-state index in [0.717, 1.165) is 18.5 Å². The zero-order valence-electron chi connectivity index (χ0n) is 10.4. The summed E-state index contributed by atoms with van der Waals surface area (Å²) in [5, 5.41) is 8.95. The van der Waals surface area contributed by atoms with E-state index in [0.29, 0.717) is 11.6 Å². The molecule has 1 aliphatic rings. The summed E-state index contributed by atoms with van der Waals surface area (Å²) in [7, 11) is 0. The Morgan fingerprint density at radius 1 is 1.53 bits per heavy atom. The second-order valence-electron chi connectivity index (χ2n) is 4.70. The van der Waals surface area contributed by atoms with Crippen LogP contribution in [0.4, 0.5) is 5.69 Å². The monoisotopic (exact) mass is 233 g/mol. The van der Waals surface area contributed by atoms with Crippen molar-refractivity contribution in [2.24, 2.45) is 0 Å². The minimum atomic E-state index is -0.854. The van der Waals surface area contributed by atoms with Crippen LogP contribution in [0.1, 0.15) is 42.1 Å². The lowest BCUT2D eigenvalue weighted by molar-refractivity contribution is 0.0697. The Hall–Kier alpha value is -1.51. The van der Waals surface area contributed by atoms with Gasteiger partial charge >= 0.3 is 5.97 Å². The van der Waals surface area contributed by atoms with Crippen molar-refractivity contribution in [3.8, 4) is 0 Å². The maximum Gasteiger partial charge on any atom is 0.335 e. The van der Waals surface area contributed by atoms with E-state index >= 15 is 0 Å². The minimum Gasteiger partial charge on any atom is -0.478 e. The van der Waals surface area contributed by atoms with Crippen molar-refractivity contribution in [2.75, 3.05) is 11.4 Å². The molecule has 17 heavy (non-hydrogen) atoms. The molecule has 0 amide bonds. The predicted molar refractivity (Wildman–Crippen MR) is 68.8 cm³/mol. The van der Waals surface area contributed by atoms with E-state index in [4.69, 9.17) is 5.11 Å². The number of rotatable bonds is 3. The highest BCUT2D eigenvalue weighted by atomic mass is 16.4. The number of aromatic carboxylic acids is 1. The highest BCUT2D eigenvalue weighted by molar-refractivity contribution is 5.88. The van der Waals surface area contributed by atoms with E-state index in [1.54, 1.807) is 12.1 Å². The van der Waals surface area contributed by atoms with Gasteiger partial charge in [0.05, 0.1) is 5.56 Å². The Morgan fingerprint density at radius 2 is 2.29 bits per heavy atom. The molecule has 3 heteroatoms. The number of carbonyl (C=O) groups is 1. The van der Waals surface area contributed by atoms with Gasteiger partial charge in [-0.15, -0.1) is 0 Å². The molecular formula is C14H19NO2. The third-order valence-electron chi connectivity index (χ3n) is 3.60. The Morgan fingerprint density at radius 3 is 2.88 bits per heavy atom. The largest absolute Gasteiger partial charge is 0.478 e. The molecule has 3 nitrogen and oxygen atoms in total. The molecule has 2 rings (SSSR count). The molecule has 0 saturated carbocycles. The quantitative estimate of drug-likeness (QED) is 0.872. The lowest BCUT2D eigenvalue weighted by Crippen LogP contribution is -2.29. The topological polar surface area (TPSA) is 40.5 Å². The van der Waals surface area contributed by atoms with E-state index in [-0.39, 0.29) is 0 Å². The molecule has 1 saturated heterocycles. The van der Waals surface area contributed by atoms with E-state index in [9.17, 15) is 4.79 Å². The third-order valence-corrected chi connectivity index (χ3v) is 3.60. The maximum atomic E-state index is 10.9. The molecule has 1 unspecified atom stereocenters. The summed E-state index contributed by atoms with van der Waals surface area (Å²) in [4.78, 5) is 13.3. The van der Waals surface area contributed by atoms with Crippen LogP contribution in [0.3, 0.4) is 0 Å². The van der Waals surface area contributed by atoms with Crippen molar-refractivity contribution in [2.45, 2.75) is 39.2 Å². The molecule has 92 valence electrons. The van der Waals surface area contributed by atoms with Crippen LogP contribution in [0, 0.1) is 6.92 Å². The van der Waals surface area contributed by atoms with Crippen molar-refractivity contribution in [1.82, 2.24) is 0 Å². The number of hydrogen-bond acceptors (Lipinski definition) is 2. The molecule has 1 heterocycles. The molecule has 0 radical (unpaired) electrons. The van der Waals surface area contributed by atoms with Crippen molar-refractivity contribution in [3.63, 3.8) is 0 Å². The van der Waals surface area contributed by atoms with Gasteiger partial charge in [-0.05, 0) is 49.9 Å². The molecule has 0 bridgehead atoms. The molecule has 1 N–H and O–H groups in total. The smallest absolute Gasteiger partial charge is 0.335 e. The molecule has 1 fully saturated rings. The first-order chi connectivity index (χ1) is 8.13. The van der Waals surface area contributed by atoms with Crippen LogP contribution in [-0.4, -0.2) is 23.7 Å². The van der Waals surface area contributed by atoms with E-state index in [2.05, 4.69) is 11.8 Å². The van der Waals surface area contributed by atoms with Crippen LogP contribution in [0.5, 0.6) is 0 Å². The van der Waals surface area contributed by atoms with Gasteiger partial charge in [-0.25, -0.2) is 4.79 Å². The summed E-state index contributed by atoms with van der Waals surface area (Å²) in [6, 6.07) is 6.04. The summed E-state index contributed by atoms with van der Waals surface area (Å²) in [6.07, 6.45) is 3.63. The van der Waals surface area contributed by atoms with Crippen LogP contribution >= 0.6 is 0 Å². The van der Waals surface area contributed by atoms with Crippen molar-refractivity contribution in [3.05, 3.63) is 29.3 Å². The molecule has 0 aromatic heterocycles. The second-order valence-corrected chi connectivity index (χ2v) is 4.70. The number of aryl methyl sites for hydroxylation is 1. The van der Waals surface area contributed by atoms with Crippen LogP contribution in [0.2, 0.25) is 0 Å². The van der Waals surface area contributed by atoms with Gasteiger partial charge < -0.3 is 10.0 Å². The molecule has 0 spiro atoms. The highest BCUT2D eigenvalue weighted by Gasteiger charge is 2.24. The summed E-state index contributed by atoms with van der Waals surface area (Å²) >= 11 is 0. The number of carboxylic acid groups (broad SMARTS) is 1. The van der Waals surface area contributed by atoms with Crippen LogP contribution in [-0.2, 0) is 0 Å². The SMILES string of the molecule is CCC1CCCN1c1ccc(C(=O)O)cc1C. The summed E-state index contributed by atoms with van der Waals surface area (Å²) in [5.41, 5.74) is 2.63. The fourth-order valence-electron chi connectivity index (χ4n) is 2.69. The summed E-state index contributed by atoms with van der Waals surface area (Å²) in [6.45, 7) is 5.29. The lowest BCUT2D eigenvalue weighted by Gasteiger charge is -2.27. The van der Waals surface area contributed by atoms with Gasteiger partial charge in [0.15, 0.2) is 0 Å². The van der Waals surface area contributed by atoms with Crippen molar-refractivity contribution in [1.29, 1.82) is 0 Å². The van der Waals surface area contributed by atoms with E-state index in [1.165, 1.54) is 18.5 Å². The molecule has 0 aliphatic carbocycles. The number of anilines is 1. The van der Waals surface area contributed by atoms with Gasteiger partial charge in [0.1, 0.15) is 0 Å². The Bertz CT molecular complexity index is 428. The highest BCUT2D eigenvalue weighted by Crippen LogP contribution is 2.30. The molecule has 1 aromatic carbocycles. The maximum absolute atomic E-state index is 10.9. The normalized spacial score (nSPS) is 19.6. The fraction of sp³-hybridized carbons (Fsp3) is 0.500. The number of nitrogens with zero attached hydrogens (tertiary/aromatic N) is 1. The van der Waals surface area contributed by atoms with Gasteiger partial charge in [0, 0.05) is 18.3 Å². The van der Waals surface area contributed by atoms with Gasteiger partial charge in [-0.1, -0.05) is 6.92 Å². The second kappa shape index (κ2) is 4.78. The predicted octanol–water partition coefficient (Wildman–Crippen LogP) is 3.07. The number of benzene rings is 1. The molecule has 1 aromatic rings. The van der Waals surface area contributed by atoms with Gasteiger partial charge in [0.2, 0.25) is 0 Å². The zero-order valence-corrected chi connectivity index (χ0v) is 10.4. The van der Waals surface area contributed by atoms with Crippen molar-refractivity contribution < 1.29 is 9.90 Å². The van der Waals surface area contributed by atoms with Crippen LogP contribution in [0.15, 0.2) is 18.2 Å². The van der Waals surface area contributed by atoms with Gasteiger partial charge in [-0.2, -0.15) is 0 Å². The Kier molecular flexibility index (Phi) is 3.36. The van der Waals surface area contributed by atoms with Crippen molar-refractivity contribution >= 4 is 11.7 Å². The first kappa shape index (κ1) is 12.0. The first-order valence-corrected chi connectivity index (χ1v) is 6.24. The lowest BCUT2D eigenvalue weighted by atomic mass is 10.1.